The van der Waals surface area contributed by atoms with E-state index in [1.807, 2.05) is 0 Å². The van der Waals surface area contributed by atoms with Crippen LogP contribution in [0.1, 0.15) is 40.5 Å². The Morgan fingerprint density at radius 2 is 2.00 bits per heavy atom. The number of esters is 1. The third-order valence-electron chi connectivity index (χ3n) is 3.73. The van der Waals surface area contributed by atoms with Gasteiger partial charge in [0.05, 0.1) is 23.0 Å². The Bertz CT molecular complexity index is 425. The molecule has 0 spiro atoms. The van der Waals surface area contributed by atoms with Gasteiger partial charge in [-0.1, -0.05) is 0 Å². The first-order valence-corrected chi connectivity index (χ1v) is 8.94. The van der Waals surface area contributed by atoms with Gasteiger partial charge in [-0.3, -0.25) is 4.79 Å². The van der Waals surface area contributed by atoms with Gasteiger partial charge in [-0.2, -0.15) is 0 Å². The van der Waals surface area contributed by atoms with E-state index in [0.717, 1.165) is 19.4 Å². The number of ether oxygens (including phenoxy) is 1. The van der Waals surface area contributed by atoms with Gasteiger partial charge in [-0.05, 0) is 47.1 Å². The van der Waals surface area contributed by atoms with Crippen LogP contribution in [0.25, 0.3) is 0 Å². The first-order valence-electron chi connectivity index (χ1n) is 7.28. The Balaban J connectivity index is 2.51. The summed E-state index contributed by atoms with van der Waals surface area (Å²) < 4.78 is 28.5. The number of rotatable bonds is 5. The fourth-order valence-corrected chi connectivity index (χ4v) is 3.38. The van der Waals surface area contributed by atoms with Crippen LogP contribution in [0.4, 0.5) is 0 Å². The van der Waals surface area contributed by atoms with Crippen LogP contribution in [-0.4, -0.2) is 56.0 Å². The van der Waals surface area contributed by atoms with Crippen LogP contribution < -0.4 is 0 Å². The second kappa shape index (κ2) is 6.89. The zero-order chi connectivity index (χ0) is 15.4. The maximum Gasteiger partial charge on any atom is 0.310 e. The fraction of sp³-hybridized carbons (Fsp3) is 0.929. The number of carbonyl (C=O) groups is 1. The van der Waals surface area contributed by atoms with Gasteiger partial charge in [0, 0.05) is 13.1 Å². The van der Waals surface area contributed by atoms with Crippen LogP contribution in [0.2, 0.25) is 0 Å². The van der Waals surface area contributed by atoms with Crippen molar-refractivity contribution in [1.82, 2.24) is 4.90 Å². The van der Waals surface area contributed by atoms with E-state index in [2.05, 4.69) is 4.90 Å². The number of likely N-dealkylation sites (tertiary alicyclic amines) is 1. The van der Waals surface area contributed by atoms with Gasteiger partial charge in [0.25, 0.3) is 0 Å². The second-order valence-electron chi connectivity index (χ2n) is 6.32. The third-order valence-corrected chi connectivity index (χ3v) is 6.32. The van der Waals surface area contributed by atoms with E-state index in [1.54, 1.807) is 27.7 Å². The smallest absolute Gasteiger partial charge is 0.310 e. The Morgan fingerprint density at radius 1 is 1.35 bits per heavy atom. The van der Waals surface area contributed by atoms with Crippen LogP contribution in [-0.2, 0) is 19.4 Å². The maximum atomic E-state index is 12.1. The fourth-order valence-electron chi connectivity index (χ4n) is 2.27. The Kier molecular flexibility index (Phi) is 6.01. The van der Waals surface area contributed by atoms with Gasteiger partial charge in [0.15, 0.2) is 9.84 Å². The molecular weight excluding hydrogens is 278 g/mol. The molecule has 0 aromatic rings. The van der Waals surface area contributed by atoms with Gasteiger partial charge in [0.2, 0.25) is 0 Å². The summed E-state index contributed by atoms with van der Waals surface area (Å²) in [5, 5.41) is 0. The van der Waals surface area contributed by atoms with E-state index >= 15 is 0 Å². The standard InChI is InChI=1S/C14H27NO4S/c1-5-19-13(16)12-7-6-8-15(11-12)9-10-20(17,18)14(2,3)4/h12H,5-11H2,1-4H3/t12-/m1/s1. The van der Waals surface area contributed by atoms with E-state index in [4.69, 9.17) is 4.74 Å². The number of nitrogens with zero attached hydrogens (tertiary/aromatic N) is 1. The molecule has 1 aliphatic heterocycles. The van der Waals surface area contributed by atoms with Gasteiger partial charge >= 0.3 is 5.97 Å². The normalized spacial score (nSPS) is 21.7. The molecule has 5 nitrogen and oxygen atoms in total. The van der Waals surface area contributed by atoms with Crippen LogP contribution >= 0.6 is 0 Å². The summed E-state index contributed by atoms with van der Waals surface area (Å²) in [6, 6.07) is 0. The minimum absolute atomic E-state index is 0.110. The molecule has 1 heterocycles. The van der Waals surface area contributed by atoms with Crippen molar-refractivity contribution in [2.45, 2.75) is 45.3 Å². The number of piperidine rings is 1. The molecule has 0 radical (unpaired) electrons. The molecule has 1 rings (SSSR count). The van der Waals surface area contributed by atoms with Gasteiger partial charge in [0.1, 0.15) is 0 Å². The van der Waals surface area contributed by atoms with Crippen molar-refractivity contribution in [1.29, 1.82) is 0 Å². The van der Waals surface area contributed by atoms with Crippen molar-refractivity contribution in [3.63, 3.8) is 0 Å². The molecular formula is C14H27NO4S. The molecule has 118 valence electrons. The van der Waals surface area contributed by atoms with Gasteiger partial charge in [-0.15, -0.1) is 0 Å². The maximum absolute atomic E-state index is 12.1. The molecule has 0 unspecified atom stereocenters. The molecule has 0 aliphatic carbocycles. The lowest BCUT2D eigenvalue weighted by molar-refractivity contribution is -0.149. The van der Waals surface area contributed by atoms with E-state index in [1.165, 1.54) is 0 Å². The molecule has 0 amide bonds. The second-order valence-corrected chi connectivity index (χ2v) is 9.19. The van der Waals surface area contributed by atoms with Crippen molar-refractivity contribution in [2.75, 3.05) is 32.0 Å². The molecule has 0 aromatic carbocycles. The Labute approximate surface area is 122 Å². The van der Waals surface area contributed by atoms with E-state index in [9.17, 15) is 13.2 Å². The van der Waals surface area contributed by atoms with Crippen molar-refractivity contribution in [3.05, 3.63) is 0 Å². The van der Waals surface area contributed by atoms with Crippen LogP contribution in [0, 0.1) is 5.92 Å². The summed E-state index contributed by atoms with van der Waals surface area (Å²) in [7, 11) is -3.10. The predicted molar refractivity (Wildman–Crippen MR) is 79.3 cm³/mol. The van der Waals surface area contributed by atoms with Crippen LogP contribution in [0.5, 0.6) is 0 Å². The highest BCUT2D eigenvalue weighted by molar-refractivity contribution is 7.92. The summed E-state index contributed by atoms with van der Waals surface area (Å²) in [6.07, 6.45) is 1.75. The zero-order valence-electron chi connectivity index (χ0n) is 13.0. The minimum atomic E-state index is -3.10. The highest BCUT2D eigenvalue weighted by Crippen LogP contribution is 2.20. The van der Waals surface area contributed by atoms with Crippen molar-refractivity contribution in [3.8, 4) is 0 Å². The van der Waals surface area contributed by atoms with Crippen molar-refractivity contribution < 1.29 is 17.9 Å². The molecule has 1 atom stereocenters. The summed E-state index contributed by atoms with van der Waals surface area (Å²) in [5.74, 6) is -0.122. The lowest BCUT2D eigenvalue weighted by Crippen LogP contribution is -2.43. The summed E-state index contributed by atoms with van der Waals surface area (Å²) in [5.41, 5.74) is 0. The molecule has 0 bridgehead atoms. The first kappa shape index (κ1) is 17.4. The summed E-state index contributed by atoms with van der Waals surface area (Å²) in [4.78, 5) is 13.8. The number of sulfone groups is 1. The van der Waals surface area contributed by atoms with Crippen LogP contribution in [0.3, 0.4) is 0 Å². The summed E-state index contributed by atoms with van der Waals surface area (Å²) in [6.45, 7) is 9.32. The predicted octanol–water partition coefficient (Wildman–Crippen LogP) is 1.47. The Morgan fingerprint density at radius 3 is 2.55 bits per heavy atom. The van der Waals surface area contributed by atoms with E-state index in [0.29, 0.717) is 19.7 Å². The quantitative estimate of drug-likeness (QED) is 0.720. The van der Waals surface area contributed by atoms with E-state index < -0.39 is 14.6 Å². The zero-order valence-corrected chi connectivity index (χ0v) is 13.8. The third kappa shape index (κ3) is 4.74. The number of hydrogen-bond donors (Lipinski definition) is 0. The lowest BCUT2D eigenvalue weighted by atomic mass is 9.98. The first-order chi connectivity index (χ1) is 9.17. The SMILES string of the molecule is CCOC(=O)[C@@H]1CCCN(CCS(=O)(=O)C(C)(C)C)C1. The monoisotopic (exact) mass is 305 g/mol. The minimum Gasteiger partial charge on any atom is -0.466 e. The Hall–Kier alpha value is -0.620. The number of hydrogen-bond acceptors (Lipinski definition) is 5. The molecule has 0 saturated carbocycles. The molecule has 1 fully saturated rings. The summed E-state index contributed by atoms with van der Waals surface area (Å²) >= 11 is 0. The highest BCUT2D eigenvalue weighted by Gasteiger charge is 2.31. The number of carbonyl (C=O) groups excluding carboxylic acids is 1. The van der Waals surface area contributed by atoms with Gasteiger partial charge < -0.3 is 9.64 Å². The molecule has 1 saturated heterocycles. The largest absolute Gasteiger partial charge is 0.466 e. The highest BCUT2D eigenvalue weighted by atomic mass is 32.2. The van der Waals surface area contributed by atoms with Gasteiger partial charge in [-0.25, -0.2) is 8.42 Å². The lowest BCUT2D eigenvalue weighted by Gasteiger charge is -2.32. The molecule has 0 aromatic heterocycles. The average molecular weight is 305 g/mol. The molecule has 0 N–H and O–H groups in total. The topological polar surface area (TPSA) is 63.7 Å². The average Bonchev–Trinajstić information content (AvgIpc) is 2.36. The van der Waals surface area contributed by atoms with Crippen molar-refractivity contribution in [2.24, 2.45) is 5.92 Å². The molecule has 20 heavy (non-hydrogen) atoms. The molecule has 1 aliphatic rings. The van der Waals surface area contributed by atoms with Crippen LogP contribution in [0.15, 0.2) is 0 Å². The van der Waals surface area contributed by atoms with Crippen molar-refractivity contribution >= 4 is 15.8 Å². The van der Waals surface area contributed by atoms with E-state index in [-0.39, 0.29) is 17.6 Å². The molecule has 6 heteroatoms.